The van der Waals surface area contributed by atoms with Gasteiger partial charge in [-0.25, -0.2) is 4.57 Å². The Bertz CT molecular complexity index is 1180. The number of aromatic nitrogens is 1. The Balaban J connectivity index is 2.35. The van der Waals surface area contributed by atoms with Gasteiger partial charge in [0.05, 0.1) is 19.0 Å². The molecule has 178 valence electrons. The molecule has 1 heterocycles. The van der Waals surface area contributed by atoms with E-state index in [1.165, 1.54) is 38.7 Å². The molecule has 0 saturated carbocycles. The fraction of sp³-hybridized carbons (Fsp3) is 0.516. The van der Waals surface area contributed by atoms with Crippen LogP contribution in [0.4, 0.5) is 0 Å². The third-order valence-corrected chi connectivity index (χ3v) is 16.0. The van der Waals surface area contributed by atoms with Crippen molar-refractivity contribution in [2.75, 3.05) is 0 Å². The topological polar surface area (TPSA) is 3.88 Å². The van der Waals surface area contributed by atoms with Gasteiger partial charge in [0.15, 0.2) is 6.20 Å². The number of pyridine rings is 1. The van der Waals surface area contributed by atoms with E-state index in [9.17, 15) is 0 Å². The lowest BCUT2D eigenvalue weighted by Gasteiger charge is -2.50. The van der Waals surface area contributed by atoms with Gasteiger partial charge in [-0.2, -0.15) is 0 Å². The summed E-state index contributed by atoms with van der Waals surface area (Å²) >= 11 is 0. The summed E-state index contributed by atoms with van der Waals surface area (Å²) in [6.07, 6.45) is 2.24. The number of hydrogen-bond acceptors (Lipinski definition) is 0. The second kappa shape index (κ2) is 8.08. The molecular weight excluding hydrogens is 414 g/mol. The number of hydrogen-bond donors (Lipinski definition) is 0. The Morgan fingerprint density at radius 3 is 1.85 bits per heavy atom. The smallest absolute Gasteiger partial charge is 0.200 e. The van der Waals surface area contributed by atoms with Crippen LogP contribution in [0.1, 0.15) is 79.0 Å². The Labute approximate surface area is 204 Å². The predicted molar refractivity (Wildman–Crippen MR) is 149 cm³/mol. The van der Waals surface area contributed by atoms with Crippen LogP contribution in [0.2, 0.25) is 16.6 Å². The minimum atomic E-state index is -1.82. The zero-order valence-electron chi connectivity index (χ0n) is 23.5. The van der Waals surface area contributed by atoms with Crippen LogP contribution in [0.25, 0.3) is 22.0 Å². The molecule has 0 amide bonds. The molecular formula is C31H46NSi+. The minimum Gasteiger partial charge on any atom is -0.200 e. The van der Waals surface area contributed by atoms with E-state index < -0.39 is 8.07 Å². The molecule has 0 bridgehead atoms. The summed E-state index contributed by atoms with van der Waals surface area (Å²) in [5, 5.41) is 4.81. The molecule has 0 fully saturated rings. The third-order valence-electron chi connectivity index (χ3n) is 8.50. The monoisotopic (exact) mass is 460 g/mol. The van der Waals surface area contributed by atoms with Crippen molar-refractivity contribution >= 4 is 24.0 Å². The van der Waals surface area contributed by atoms with Crippen molar-refractivity contribution < 1.29 is 4.57 Å². The lowest BCUT2D eigenvalue weighted by Crippen LogP contribution is -2.58. The standard InChI is InChI=1S/C31H46NSi/c1-21-18-24(29(3,4)5)20-27(22(21)2)28-26-15-14-25(19-23(26)16-17-32(28)12)33(13,30(6,7)8)31(9,10)11/h14-20H,1-13H3/q+1. The largest absolute Gasteiger partial charge is 0.220 e. The number of aryl methyl sites for hydroxylation is 2. The van der Waals surface area contributed by atoms with Crippen molar-refractivity contribution in [2.24, 2.45) is 7.05 Å². The zero-order valence-corrected chi connectivity index (χ0v) is 24.5. The average molecular weight is 461 g/mol. The molecule has 2 heteroatoms. The van der Waals surface area contributed by atoms with Crippen molar-refractivity contribution in [2.45, 2.75) is 98.2 Å². The van der Waals surface area contributed by atoms with Crippen LogP contribution < -0.4 is 9.75 Å². The van der Waals surface area contributed by atoms with Gasteiger partial charge >= 0.3 is 0 Å². The van der Waals surface area contributed by atoms with Gasteiger partial charge in [0.2, 0.25) is 5.69 Å². The van der Waals surface area contributed by atoms with Crippen molar-refractivity contribution in [3.8, 4) is 11.3 Å². The van der Waals surface area contributed by atoms with E-state index in [1.54, 1.807) is 5.19 Å². The SMILES string of the molecule is Cc1cc(C(C)(C)C)cc(-c2c3ccc([Si](C)(C(C)(C)C)C(C)(C)C)cc3cc[n+]2C)c1C. The summed E-state index contributed by atoms with van der Waals surface area (Å²) in [5.74, 6) is 0. The van der Waals surface area contributed by atoms with Gasteiger partial charge < -0.3 is 0 Å². The number of benzene rings is 2. The lowest BCUT2D eigenvalue weighted by atomic mass is 9.83. The number of fused-ring (bicyclic) bond motifs is 1. The zero-order chi connectivity index (χ0) is 25.1. The van der Waals surface area contributed by atoms with Gasteiger partial charge in [-0.15, -0.1) is 0 Å². The van der Waals surface area contributed by atoms with Crippen LogP contribution in [0.5, 0.6) is 0 Å². The van der Waals surface area contributed by atoms with Crippen molar-refractivity contribution in [3.05, 3.63) is 59.3 Å². The molecule has 2 aromatic carbocycles. The summed E-state index contributed by atoms with van der Waals surface area (Å²) in [7, 11) is 0.368. The maximum atomic E-state index is 2.58. The normalized spacial score (nSPS) is 13.6. The molecule has 0 spiro atoms. The second-order valence-corrected chi connectivity index (χ2v) is 19.2. The van der Waals surface area contributed by atoms with Crippen molar-refractivity contribution in [3.63, 3.8) is 0 Å². The van der Waals surface area contributed by atoms with Gasteiger partial charge in [-0.1, -0.05) is 92.2 Å². The Morgan fingerprint density at radius 1 is 0.758 bits per heavy atom. The summed E-state index contributed by atoms with van der Waals surface area (Å²) in [5.41, 5.74) is 6.93. The Hall–Kier alpha value is -1.93. The molecule has 1 nitrogen and oxygen atoms in total. The van der Waals surface area contributed by atoms with Crippen LogP contribution in [-0.2, 0) is 12.5 Å². The highest BCUT2D eigenvalue weighted by molar-refractivity contribution is 6.95. The van der Waals surface area contributed by atoms with Gasteiger partial charge in [0, 0.05) is 6.07 Å². The van der Waals surface area contributed by atoms with Gasteiger partial charge in [0.25, 0.3) is 0 Å². The first-order valence-electron chi connectivity index (χ1n) is 12.4. The van der Waals surface area contributed by atoms with Crippen molar-refractivity contribution in [1.82, 2.24) is 0 Å². The van der Waals surface area contributed by atoms with Gasteiger partial charge in [-0.3, -0.25) is 0 Å². The highest BCUT2D eigenvalue weighted by Crippen LogP contribution is 2.50. The van der Waals surface area contributed by atoms with E-state index in [2.05, 4.69) is 137 Å². The van der Waals surface area contributed by atoms with E-state index in [4.69, 9.17) is 0 Å². The maximum absolute atomic E-state index is 2.58. The van der Waals surface area contributed by atoms with Crippen LogP contribution in [0.3, 0.4) is 0 Å². The molecule has 0 aliphatic heterocycles. The fourth-order valence-corrected chi connectivity index (χ4v) is 10.4. The molecule has 0 unspecified atom stereocenters. The third kappa shape index (κ3) is 4.32. The average Bonchev–Trinajstić information content (AvgIpc) is 2.66. The van der Waals surface area contributed by atoms with E-state index >= 15 is 0 Å². The van der Waals surface area contributed by atoms with Crippen LogP contribution in [-0.4, -0.2) is 8.07 Å². The summed E-state index contributed by atoms with van der Waals surface area (Å²) in [6, 6.07) is 14.5. The first-order valence-corrected chi connectivity index (χ1v) is 14.9. The second-order valence-electron chi connectivity index (χ2n) is 13.4. The fourth-order valence-electron chi connectivity index (χ4n) is 5.55. The quantitative estimate of drug-likeness (QED) is 0.268. The molecule has 0 aliphatic carbocycles. The van der Waals surface area contributed by atoms with Crippen LogP contribution in [0.15, 0.2) is 42.6 Å². The molecule has 33 heavy (non-hydrogen) atoms. The molecule has 3 rings (SSSR count). The molecule has 0 aliphatic rings. The summed E-state index contributed by atoms with van der Waals surface area (Å²) in [4.78, 5) is 0. The highest BCUT2D eigenvalue weighted by atomic mass is 28.3. The molecule has 0 radical (unpaired) electrons. The first kappa shape index (κ1) is 25.7. The first-order chi connectivity index (χ1) is 14.9. The Morgan fingerprint density at radius 2 is 1.33 bits per heavy atom. The van der Waals surface area contributed by atoms with Crippen molar-refractivity contribution in [1.29, 1.82) is 0 Å². The van der Waals surface area contributed by atoms with Crippen LogP contribution in [0, 0.1) is 13.8 Å². The number of nitrogens with zero attached hydrogens (tertiary/aromatic N) is 1. The van der Waals surface area contributed by atoms with Crippen LogP contribution >= 0.6 is 0 Å². The summed E-state index contributed by atoms with van der Waals surface area (Å²) in [6.45, 7) is 28.7. The lowest BCUT2D eigenvalue weighted by molar-refractivity contribution is -0.659. The maximum Gasteiger partial charge on any atom is 0.220 e. The van der Waals surface area contributed by atoms with E-state index in [0.717, 1.165) is 0 Å². The minimum absolute atomic E-state index is 0.121. The molecule has 0 saturated heterocycles. The highest BCUT2D eigenvalue weighted by Gasteiger charge is 2.50. The predicted octanol–water partition coefficient (Wildman–Crippen LogP) is 8.13. The molecule has 3 aromatic rings. The molecule has 0 N–H and O–H groups in total. The Kier molecular flexibility index (Phi) is 6.29. The molecule has 0 atom stereocenters. The summed E-state index contributed by atoms with van der Waals surface area (Å²) < 4.78 is 2.31. The van der Waals surface area contributed by atoms with E-state index in [-0.39, 0.29) is 15.5 Å². The number of rotatable bonds is 2. The van der Waals surface area contributed by atoms with E-state index in [0.29, 0.717) is 0 Å². The van der Waals surface area contributed by atoms with E-state index in [1.807, 2.05) is 0 Å². The van der Waals surface area contributed by atoms with Gasteiger partial charge in [-0.05, 0) is 63.5 Å². The molecule has 1 aromatic heterocycles. The van der Waals surface area contributed by atoms with Gasteiger partial charge in [0.1, 0.15) is 7.05 Å².